The van der Waals surface area contributed by atoms with Crippen LogP contribution in [0.1, 0.15) is 52.4 Å². The van der Waals surface area contributed by atoms with Gasteiger partial charge in [-0.15, -0.1) is 12.4 Å². The summed E-state index contributed by atoms with van der Waals surface area (Å²) >= 11 is 0. The van der Waals surface area contributed by atoms with Crippen LogP contribution in [0, 0.1) is 17.8 Å². The van der Waals surface area contributed by atoms with Crippen LogP contribution in [0.3, 0.4) is 0 Å². The van der Waals surface area contributed by atoms with Crippen molar-refractivity contribution in [3.8, 4) is 0 Å². The highest BCUT2D eigenvalue weighted by Crippen LogP contribution is 2.28. The molecule has 3 nitrogen and oxygen atoms in total. The molecule has 112 valence electrons. The number of hydrogen-bond donors (Lipinski definition) is 2. The second-order valence-corrected chi connectivity index (χ2v) is 6.47. The summed E-state index contributed by atoms with van der Waals surface area (Å²) in [4.78, 5) is 12.1. The summed E-state index contributed by atoms with van der Waals surface area (Å²) in [5, 5.41) is 6.63. The van der Waals surface area contributed by atoms with Gasteiger partial charge in [-0.1, -0.05) is 13.8 Å². The lowest BCUT2D eigenvalue weighted by Gasteiger charge is -2.33. The maximum atomic E-state index is 12.1. The monoisotopic (exact) mass is 288 g/mol. The number of carbonyl (C=O) groups excluding carboxylic acids is 1. The van der Waals surface area contributed by atoms with Crippen molar-refractivity contribution in [1.29, 1.82) is 0 Å². The largest absolute Gasteiger partial charge is 0.353 e. The Bertz CT molecular complexity index is 279. The summed E-state index contributed by atoms with van der Waals surface area (Å²) in [6, 6.07) is 0.426. The van der Waals surface area contributed by atoms with Gasteiger partial charge in [0.25, 0.3) is 0 Å². The standard InChI is InChI=1S/C15H28N2O.ClH/c1-11-3-4-14(12(2)9-11)17-15(18)10-13-5-7-16-8-6-13;/h11-14,16H,3-10H2,1-2H3,(H,17,18);1H. The third-order valence-corrected chi connectivity index (χ3v) is 4.71. The molecule has 2 aliphatic rings. The smallest absolute Gasteiger partial charge is 0.220 e. The van der Waals surface area contributed by atoms with Crippen molar-refractivity contribution in [3.05, 3.63) is 0 Å². The zero-order chi connectivity index (χ0) is 13.0. The van der Waals surface area contributed by atoms with Crippen molar-refractivity contribution >= 4 is 18.3 Å². The van der Waals surface area contributed by atoms with Crippen LogP contribution in [0.15, 0.2) is 0 Å². The number of amides is 1. The summed E-state index contributed by atoms with van der Waals surface area (Å²) in [6.07, 6.45) is 6.75. The van der Waals surface area contributed by atoms with Gasteiger partial charge in [0.1, 0.15) is 0 Å². The summed E-state index contributed by atoms with van der Waals surface area (Å²) < 4.78 is 0. The Morgan fingerprint density at radius 1 is 1.16 bits per heavy atom. The molecule has 0 aromatic rings. The molecule has 1 aliphatic heterocycles. The second-order valence-electron chi connectivity index (χ2n) is 6.47. The highest BCUT2D eigenvalue weighted by molar-refractivity contribution is 5.85. The number of carbonyl (C=O) groups is 1. The normalized spacial score (nSPS) is 32.4. The number of halogens is 1. The summed E-state index contributed by atoms with van der Waals surface area (Å²) in [7, 11) is 0. The van der Waals surface area contributed by atoms with Crippen LogP contribution in [0.25, 0.3) is 0 Å². The lowest BCUT2D eigenvalue weighted by molar-refractivity contribution is -0.123. The summed E-state index contributed by atoms with van der Waals surface area (Å²) in [5.41, 5.74) is 0. The fourth-order valence-electron chi connectivity index (χ4n) is 3.49. The molecule has 0 spiro atoms. The maximum Gasteiger partial charge on any atom is 0.220 e. The third-order valence-electron chi connectivity index (χ3n) is 4.71. The topological polar surface area (TPSA) is 41.1 Å². The Morgan fingerprint density at radius 3 is 2.47 bits per heavy atom. The van der Waals surface area contributed by atoms with E-state index in [4.69, 9.17) is 0 Å². The third kappa shape index (κ3) is 5.31. The van der Waals surface area contributed by atoms with Gasteiger partial charge in [0.2, 0.25) is 5.91 Å². The lowest BCUT2D eigenvalue weighted by Crippen LogP contribution is -2.43. The Kier molecular flexibility index (Phi) is 7.16. The SMILES string of the molecule is CC1CCC(NC(=O)CC2CCNCC2)C(C)C1.Cl. The first-order chi connectivity index (χ1) is 8.65. The average molecular weight is 289 g/mol. The average Bonchev–Trinajstić information content (AvgIpc) is 2.34. The minimum absolute atomic E-state index is 0. The van der Waals surface area contributed by atoms with Crippen molar-refractivity contribution in [2.75, 3.05) is 13.1 Å². The van der Waals surface area contributed by atoms with Gasteiger partial charge in [0, 0.05) is 12.5 Å². The van der Waals surface area contributed by atoms with Gasteiger partial charge in [0.15, 0.2) is 0 Å². The molecule has 1 saturated heterocycles. The molecule has 0 aromatic heterocycles. The van der Waals surface area contributed by atoms with E-state index in [0.29, 0.717) is 17.9 Å². The van der Waals surface area contributed by atoms with Gasteiger partial charge in [-0.2, -0.15) is 0 Å². The molecule has 3 atom stereocenters. The molecule has 1 saturated carbocycles. The van der Waals surface area contributed by atoms with E-state index in [0.717, 1.165) is 38.3 Å². The van der Waals surface area contributed by atoms with Gasteiger partial charge < -0.3 is 10.6 Å². The molecule has 19 heavy (non-hydrogen) atoms. The van der Waals surface area contributed by atoms with E-state index in [-0.39, 0.29) is 18.3 Å². The van der Waals surface area contributed by atoms with Crippen LogP contribution in [-0.2, 0) is 4.79 Å². The molecule has 0 bridgehead atoms. The van der Waals surface area contributed by atoms with Crippen molar-refractivity contribution in [2.24, 2.45) is 17.8 Å². The first-order valence-corrected chi connectivity index (χ1v) is 7.65. The van der Waals surface area contributed by atoms with Crippen molar-refractivity contribution in [2.45, 2.75) is 58.4 Å². The van der Waals surface area contributed by atoms with Gasteiger partial charge in [0.05, 0.1) is 0 Å². The predicted molar refractivity (Wildman–Crippen MR) is 81.6 cm³/mol. The minimum atomic E-state index is 0. The minimum Gasteiger partial charge on any atom is -0.353 e. The van der Waals surface area contributed by atoms with Crippen LogP contribution in [0.5, 0.6) is 0 Å². The summed E-state index contributed by atoms with van der Waals surface area (Å²) in [5.74, 6) is 2.36. The molecule has 0 aromatic carbocycles. The Balaban J connectivity index is 0.00000180. The number of hydrogen-bond acceptors (Lipinski definition) is 2. The molecule has 1 heterocycles. The first-order valence-electron chi connectivity index (χ1n) is 7.65. The van der Waals surface area contributed by atoms with Crippen molar-refractivity contribution in [1.82, 2.24) is 10.6 Å². The van der Waals surface area contributed by atoms with Gasteiger partial charge in [-0.25, -0.2) is 0 Å². The van der Waals surface area contributed by atoms with E-state index in [2.05, 4.69) is 24.5 Å². The predicted octanol–water partition coefficient (Wildman–Crippen LogP) is 2.74. The van der Waals surface area contributed by atoms with Gasteiger partial charge in [-0.3, -0.25) is 4.79 Å². The quantitative estimate of drug-likeness (QED) is 0.838. The highest BCUT2D eigenvalue weighted by Gasteiger charge is 2.27. The molecule has 4 heteroatoms. The molecule has 1 aliphatic carbocycles. The zero-order valence-electron chi connectivity index (χ0n) is 12.3. The Hall–Kier alpha value is -0.280. The lowest BCUT2D eigenvalue weighted by atomic mass is 9.79. The fourth-order valence-corrected chi connectivity index (χ4v) is 3.49. The van der Waals surface area contributed by atoms with E-state index >= 15 is 0 Å². The molecule has 3 unspecified atom stereocenters. The van der Waals surface area contributed by atoms with E-state index in [1.807, 2.05) is 0 Å². The number of nitrogens with one attached hydrogen (secondary N) is 2. The molecule has 0 radical (unpaired) electrons. The van der Waals surface area contributed by atoms with E-state index in [1.54, 1.807) is 0 Å². The highest BCUT2D eigenvalue weighted by atomic mass is 35.5. The van der Waals surface area contributed by atoms with E-state index in [9.17, 15) is 4.79 Å². The van der Waals surface area contributed by atoms with Crippen LogP contribution < -0.4 is 10.6 Å². The van der Waals surface area contributed by atoms with Gasteiger partial charge in [-0.05, 0) is 62.9 Å². The zero-order valence-corrected chi connectivity index (χ0v) is 13.1. The van der Waals surface area contributed by atoms with Crippen molar-refractivity contribution in [3.63, 3.8) is 0 Å². The molecule has 2 N–H and O–H groups in total. The van der Waals surface area contributed by atoms with Crippen molar-refractivity contribution < 1.29 is 4.79 Å². The first kappa shape index (κ1) is 16.8. The van der Waals surface area contributed by atoms with Crippen LogP contribution >= 0.6 is 12.4 Å². The van der Waals surface area contributed by atoms with E-state index in [1.165, 1.54) is 19.3 Å². The van der Waals surface area contributed by atoms with Crippen LogP contribution in [0.4, 0.5) is 0 Å². The molecule has 2 rings (SSSR count). The second kappa shape index (κ2) is 8.11. The fraction of sp³-hybridized carbons (Fsp3) is 0.933. The maximum absolute atomic E-state index is 12.1. The van der Waals surface area contributed by atoms with Crippen LogP contribution in [0.2, 0.25) is 0 Å². The molecule has 2 fully saturated rings. The molecule has 1 amide bonds. The number of piperidine rings is 1. The van der Waals surface area contributed by atoms with E-state index < -0.39 is 0 Å². The Labute approximate surface area is 123 Å². The molecular formula is C15H29ClN2O. The number of rotatable bonds is 3. The molecular weight excluding hydrogens is 260 g/mol. The summed E-state index contributed by atoms with van der Waals surface area (Å²) in [6.45, 7) is 6.76. The Morgan fingerprint density at radius 2 is 1.84 bits per heavy atom. The van der Waals surface area contributed by atoms with Crippen LogP contribution in [-0.4, -0.2) is 25.0 Å². The van der Waals surface area contributed by atoms with Gasteiger partial charge >= 0.3 is 0 Å².